The minimum absolute atomic E-state index is 0.0377. The van der Waals surface area contributed by atoms with Gasteiger partial charge in [-0.15, -0.1) is 10.2 Å². The molecule has 2 aromatic heterocycles. The summed E-state index contributed by atoms with van der Waals surface area (Å²) in [7, 11) is 2.99. The molecule has 0 N–H and O–H groups in total. The third-order valence-electron chi connectivity index (χ3n) is 5.22. The van der Waals surface area contributed by atoms with Crippen LogP contribution >= 0.6 is 0 Å². The molecule has 2 heterocycles. The van der Waals surface area contributed by atoms with Crippen LogP contribution in [0.4, 0.5) is 8.78 Å². The number of methoxy groups -OCH3 is 1. The molecule has 0 radical (unpaired) electrons. The zero-order chi connectivity index (χ0) is 23.1. The molecule has 5 aromatic rings. The highest BCUT2D eigenvalue weighted by atomic mass is 19.1. The number of hydrogen-bond donors (Lipinski definition) is 0. The van der Waals surface area contributed by atoms with Gasteiger partial charge in [0, 0.05) is 18.2 Å². The molecule has 0 amide bonds. The Labute approximate surface area is 186 Å². The highest BCUT2D eigenvalue weighted by molar-refractivity contribution is 5.94. The Hall–Kier alpha value is -4.40. The van der Waals surface area contributed by atoms with Gasteiger partial charge in [0.1, 0.15) is 17.7 Å². The van der Waals surface area contributed by atoms with Gasteiger partial charge < -0.3 is 13.7 Å². The molecule has 7 nitrogen and oxygen atoms in total. The van der Waals surface area contributed by atoms with Crippen molar-refractivity contribution in [1.29, 1.82) is 0 Å². The monoisotopic (exact) mass is 446 g/mol. The third kappa shape index (κ3) is 3.63. The van der Waals surface area contributed by atoms with E-state index in [1.165, 1.54) is 31.6 Å². The quantitative estimate of drug-likeness (QED) is 0.361. The van der Waals surface area contributed by atoms with Crippen LogP contribution in [0.5, 0.6) is 0 Å². The summed E-state index contributed by atoms with van der Waals surface area (Å²) in [4.78, 5) is 16.1. The van der Waals surface area contributed by atoms with Gasteiger partial charge in [0.05, 0.1) is 12.7 Å². The van der Waals surface area contributed by atoms with Crippen molar-refractivity contribution in [2.75, 3.05) is 7.11 Å². The fraction of sp³-hybridized carbons (Fsp3) is 0.0833. The normalized spacial score (nSPS) is 11.2. The Balaban J connectivity index is 1.62. The Morgan fingerprint density at radius 2 is 1.85 bits per heavy atom. The summed E-state index contributed by atoms with van der Waals surface area (Å²) >= 11 is 0. The number of ether oxygens (including phenoxy) is 1. The van der Waals surface area contributed by atoms with Crippen molar-refractivity contribution in [2.45, 2.75) is 0 Å². The van der Waals surface area contributed by atoms with Crippen molar-refractivity contribution >= 4 is 17.1 Å². The minimum Gasteiger partial charge on any atom is -0.465 e. The third-order valence-corrected chi connectivity index (χ3v) is 5.22. The zero-order valence-electron chi connectivity index (χ0n) is 17.5. The van der Waals surface area contributed by atoms with Gasteiger partial charge in [0.15, 0.2) is 17.2 Å². The lowest BCUT2D eigenvalue weighted by atomic mass is 9.97. The smallest absolute Gasteiger partial charge is 0.338 e. The largest absolute Gasteiger partial charge is 0.465 e. The molecular weight excluding hydrogens is 430 g/mol. The fourth-order valence-corrected chi connectivity index (χ4v) is 3.65. The number of carbonyl (C=O) groups excluding carboxylic acids is 1. The first-order valence-electron chi connectivity index (χ1n) is 9.87. The highest BCUT2D eigenvalue weighted by Crippen LogP contribution is 2.34. The van der Waals surface area contributed by atoms with Crippen LogP contribution in [0.15, 0.2) is 65.3 Å². The molecule has 3 aromatic carbocycles. The van der Waals surface area contributed by atoms with E-state index in [1.54, 1.807) is 35.9 Å². The van der Waals surface area contributed by atoms with Gasteiger partial charge in [-0.2, -0.15) is 0 Å². The van der Waals surface area contributed by atoms with Gasteiger partial charge in [-0.1, -0.05) is 18.2 Å². The van der Waals surface area contributed by atoms with Crippen molar-refractivity contribution in [2.24, 2.45) is 7.05 Å². The molecule has 0 bridgehead atoms. The summed E-state index contributed by atoms with van der Waals surface area (Å²) in [5, 5.41) is 7.98. The minimum atomic E-state index is -0.717. The van der Waals surface area contributed by atoms with Gasteiger partial charge in [-0.25, -0.2) is 18.6 Å². The van der Waals surface area contributed by atoms with E-state index in [0.717, 1.165) is 17.2 Å². The highest BCUT2D eigenvalue weighted by Gasteiger charge is 2.18. The number of halogens is 2. The molecule has 0 unspecified atom stereocenters. The number of carbonyl (C=O) groups is 1. The standard InChI is InChI=1S/C24H16F2N4O3/c1-30-12-27-29-22(30)18-11-16(25)6-7-17(18)13-4-3-5-14(8-13)23-28-20-10-15(24(31)32-2)9-19(26)21(20)33-23/h3-12H,1-2H3. The molecule has 0 spiro atoms. The van der Waals surface area contributed by atoms with Crippen LogP contribution in [0.2, 0.25) is 0 Å². The Bertz CT molecular complexity index is 1520. The number of oxazole rings is 1. The number of aryl methyl sites for hydroxylation is 1. The summed E-state index contributed by atoms with van der Waals surface area (Å²) < 4.78 is 40.6. The number of esters is 1. The van der Waals surface area contributed by atoms with Crippen LogP contribution in [-0.2, 0) is 11.8 Å². The predicted molar refractivity (Wildman–Crippen MR) is 116 cm³/mol. The molecule has 0 aliphatic carbocycles. The van der Waals surface area contributed by atoms with E-state index in [2.05, 4.69) is 19.9 Å². The average Bonchev–Trinajstić information content (AvgIpc) is 3.45. The lowest BCUT2D eigenvalue weighted by Gasteiger charge is -2.10. The maximum Gasteiger partial charge on any atom is 0.338 e. The summed E-state index contributed by atoms with van der Waals surface area (Å²) in [6.45, 7) is 0. The van der Waals surface area contributed by atoms with Gasteiger partial charge in [0.25, 0.3) is 0 Å². The first-order valence-corrected chi connectivity index (χ1v) is 9.87. The van der Waals surface area contributed by atoms with Gasteiger partial charge in [-0.3, -0.25) is 0 Å². The second kappa shape index (κ2) is 7.94. The molecule has 9 heteroatoms. The zero-order valence-corrected chi connectivity index (χ0v) is 17.5. The maximum absolute atomic E-state index is 14.5. The second-order valence-corrected chi connectivity index (χ2v) is 7.35. The molecular formula is C24H16F2N4O3. The molecule has 5 rings (SSSR count). The molecule has 33 heavy (non-hydrogen) atoms. The molecule has 0 aliphatic heterocycles. The first-order chi connectivity index (χ1) is 15.9. The second-order valence-electron chi connectivity index (χ2n) is 7.35. The van der Waals surface area contributed by atoms with Crippen LogP contribution in [0.25, 0.3) is 45.1 Å². The lowest BCUT2D eigenvalue weighted by Crippen LogP contribution is -2.01. The molecule has 0 saturated carbocycles. The van der Waals surface area contributed by atoms with E-state index in [1.807, 2.05) is 6.07 Å². The molecule has 164 valence electrons. The fourth-order valence-electron chi connectivity index (χ4n) is 3.65. The Kier molecular flexibility index (Phi) is 4.93. The SMILES string of the molecule is COC(=O)c1cc(F)c2oc(-c3cccc(-c4ccc(F)cc4-c4nncn4C)c3)nc2c1. The van der Waals surface area contributed by atoms with Gasteiger partial charge in [0.2, 0.25) is 5.89 Å². The van der Waals surface area contributed by atoms with E-state index in [-0.39, 0.29) is 22.6 Å². The number of aromatic nitrogens is 4. The lowest BCUT2D eigenvalue weighted by molar-refractivity contribution is 0.0600. The number of benzene rings is 3. The summed E-state index contributed by atoms with van der Waals surface area (Å²) in [5.41, 5.74) is 2.79. The van der Waals surface area contributed by atoms with Crippen LogP contribution in [0.1, 0.15) is 10.4 Å². The van der Waals surface area contributed by atoms with Crippen molar-refractivity contribution < 1.29 is 22.7 Å². The van der Waals surface area contributed by atoms with Crippen molar-refractivity contribution in [3.8, 4) is 34.0 Å². The van der Waals surface area contributed by atoms with E-state index < -0.39 is 17.6 Å². The topological polar surface area (TPSA) is 83.0 Å². The summed E-state index contributed by atoms with van der Waals surface area (Å²) in [5.74, 6) is -1.10. The molecule has 0 aliphatic rings. The van der Waals surface area contributed by atoms with Crippen LogP contribution in [0.3, 0.4) is 0 Å². The number of rotatable bonds is 4. The van der Waals surface area contributed by atoms with Crippen molar-refractivity contribution in [3.05, 3.63) is 78.1 Å². The van der Waals surface area contributed by atoms with E-state index in [4.69, 9.17) is 4.42 Å². The average molecular weight is 446 g/mol. The van der Waals surface area contributed by atoms with Crippen molar-refractivity contribution in [3.63, 3.8) is 0 Å². The van der Waals surface area contributed by atoms with Gasteiger partial charge in [-0.05, 0) is 47.5 Å². The molecule has 0 fully saturated rings. The van der Waals surface area contributed by atoms with Crippen molar-refractivity contribution in [1.82, 2.24) is 19.7 Å². The molecule has 0 atom stereocenters. The van der Waals surface area contributed by atoms with E-state index >= 15 is 0 Å². The molecule has 0 saturated heterocycles. The summed E-state index contributed by atoms with van der Waals surface area (Å²) in [6.07, 6.45) is 1.54. The number of fused-ring (bicyclic) bond motifs is 1. The number of hydrogen-bond acceptors (Lipinski definition) is 6. The Morgan fingerprint density at radius 1 is 1.03 bits per heavy atom. The van der Waals surface area contributed by atoms with Crippen LogP contribution in [-0.4, -0.2) is 32.8 Å². The van der Waals surface area contributed by atoms with E-state index in [0.29, 0.717) is 17.0 Å². The Morgan fingerprint density at radius 3 is 2.61 bits per heavy atom. The van der Waals surface area contributed by atoms with Crippen LogP contribution in [0, 0.1) is 11.6 Å². The number of nitrogens with zero attached hydrogens (tertiary/aromatic N) is 4. The predicted octanol–water partition coefficient (Wildman–Crippen LogP) is 5.02. The first kappa shape index (κ1) is 20.5. The van der Waals surface area contributed by atoms with Gasteiger partial charge >= 0.3 is 5.97 Å². The van der Waals surface area contributed by atoms with Crippen LogP contribution < -0.4 is 0 Å². The maximum atomic E-state index is 14.5. The summed E-state index contributed by atoms with van der Waals surface area (Å²) in [6, 6.07) is 14.1. The van der Waals surface area contributed by atoms with E-state index in [9.17, 15) is 13.6 Å².